The number of anilines is 2. The number of nitrogens with zero attached hydrogens (tertiary/aromatic N) is 1. The van der Waals surface area contributed by atoms with Crippen molar-refractivity contribution in [3.63, 3.8) is 0 Å². The fraction of sp³-hybridized carbons (Fsp3) is 0.200. The van der Waals surface area contributed by atoms with Crippen LogP contribution in [0, 0.1) is 0 Å². The van der Waals surface area contributed by atoms with Gasteiger partial charge in [0, 0.05) is 22.2 Å². The minimum absolute atomic E-state index is 0.215. The van der Waals surface area contributed by atoms with E-state index in [0.717, 1.165) is 23.3 Å². The lowest BCUT2D eigenvalue weighted by Crippen LogP contribution is -2.13. The van der Waals surface area contributed by atoms with Crippen LogP contribution in [0.4, 0.5) is 11.5 Å². The van der Waals surface area contributed by atoms with Gasteiger partial charge in [-0.3, -0.25) is 4.79 Å². The maximum atomic E-state index is 12.2. The van der Waals surface area contributed by atoms with Gasteiger partial charge in [-0.1, -0.05) is 18.5 Å². The van der Waals surface area contributed by atoms with E-state index >= 15 is 0 Å². The lowest BCUT2D eigenvalue weighted by molar-refractivity contribution is 0.102. The first-order valence-electron chi connectivity index (χ1n) is 6.56. The largest absolute Gasteiger partial charge is 0.370 e. The Morgan fingerprint density at radius 1 is 1.33 bits per heavy atom. The molecule has 1 amide bonds. The molecule has 0 saturated heterocycles. The van der Waals surface area contributed by atoms with E-state index in [1.807, 2.05) is 0 Å². The molecule has 0 aliphatic carbocycles. The summed E-state index contributed by atoms with van der Waals surface area (Å²) in [6.07, 6.45) is 2.58. The van der Waals surface area contributed by atoms with Gasteiger partial charge in [0.05, 0.1) is 11.3 Å². The average Bonchev–Trinajstić information content (AvgIpc) is 2.48. The molecule has 2 aromatic rings. The predicted molar refractivity (Wildman–Crippen MR) is 90.1 cm³/mol. The van der Waals surface area contributed by atoms with Gasteiger partial charge >= 0.3 is 0 Å². The van der Waals surface area contributed by atoms with Crippen molar-refractivity contribution in [2.24, 2.45) is 0 Å². The van der Waals surface area contributed by atoms with Crippen molar-refractivity contribution >= 4 is 44.9 Å². The minimum atomic E-state index is -0.215. The quantitative estimate of drug-likeness (QED) is 0.812. The zero-order valence-corrected chi connectivity index (χ0v) is 13.8. The third kappa shape index (κ3) is 4.44. The van der Waals surface area contributed by atoms with Crippen molar-refractivity contribution < 1.29 is 4.79 Å². The van der Waals surface area contributed by atoms with Crippen LogP contribution in [0.15, 0.2) is 41.0 Å². The Kier molecular flexibility index (Phi) is 5.59. The summed E-state index contributed by atoms with van der Waals surface area (Å²) < 4.78 is 0.734. The third-order valence-corrected chi connectivity index (χ3v) is 3.65. The van der Waals surface area contributed by atoms with Gasteiger partial charge < -0.3 is 10.6 Å². The molecule has 1 aromatic heterocycles. The Morgan fingerprint density at radius 2 is 2.14 bits per heavy atom. The van der Waals surface area contributed by atoms with Gasteiger partial charge in [-0.25, -0.2) is 4.98 Å². The van der Waals surface area contributed by atoms with Gasteiger partial charge in [0.2, 0.25) is 0 Å². The molecule has 0 bridgehead atoms. The Morgan fingerprint density at radius 3 is 2.76 bits per heavy atom. The number of rotatable bonds is 5. The second-order valence-electron chi connectivity index (χ2n) is 4.44. The van der Waals surface area contributed by atoms with Gasteiger partial charge in [0.25, 0.3) is 5.91 Å². The zero-order chi connectivity index (χ0) is 15.2. The molecule has 6 heteroatoms. The molecule has 0 spiro atoms. The number of benzene rings is 1. The molecule has 0 unspecified atom stereocenters. The highest BCUT2D eigenvalue weighted by molar-refractivity contribution is 9.10. The molecule has 21 heavy (non-hydrogen) atoms. The van der Waals surface area contributed by atoms with Gasteiger partial charge in [0.15, 0.2) is 0 Å². The molecular formula is C15H15BrClN3O. The molecule has 0 aliphatic rings. The summed E-state index contributed by atoms with van der Waals surface area (Å²) in [5, 5.41) is 6.58. The summed E-state index contributed by atoms with van der Waals surface area (Å²) in [5.41, 5.74) is 1.16. The van der Waals surface area contributed by atoms with Gasteiger partial charge in [-0.05, 0) is 52.7 Å². The summed E-state index contributed by atoms with van der Waals surface area (Å²) in [5.74, 6) is 0.550. The number of amides is 1. The van der Waals surface area contributed by atoms with Crippen molar-refractivity contribution in [3.05, 3.63) is 51.6 Å². The Bertz CT molecular complexity index is 631. The van der Waals surface area contributed by atoms with Crippen molar-refractivity contribution in [1.29, 1.82) is 0 Å². The van der Waals surface area contributed by atoms with Crippen LogP contribution in [0.3, 0.4) is 0 Å². The lowest BCUT2D eigenvalue weighted by Gasteiger charge is -2.08. The monoisotopic (exact) mass is 367 g/mol. The first kappa shape index (κ1) is 15.8. The van der Waals surface area contributed by atoms with Crippen molar-refractivity contribution in [2.45, 2.75) is 13.3 Å². The van der Waals surface area contributed by atoms with Crippen LogP contribution in [0.2, 0.25) is 5.02 Å². The Balaban J connectivity index is 2.06. The van der Waals surface area contributed by atoms with Crippen LogP contribution in [-0.4, -0.2) is 17.4 Å². The molecule has 2 rings (SSSR count). The van der Waals surface area contributed by atoms with E-state index in [9.17, 15) is 4.79 Å². The number of hydrogen-bond donors (Lipinski definition) is 2. The highest BCUT2D eigenvalue weighted by Gasteiger charge is 2.09. The number of aromatic nitrogens is 1. The first-order chi connectivity index (χ1) is 10.1. The van der Waals surface area contributed by atoms with Crippen LogP contribution in [0.5, 0.6) is 0 Å². The first-order valence-corrected chi connectivity index (χ1v) is 7.73. The standard InChI is InChI=1S/C15H15BrClN3O/c1-2-7-18-14-6-3-10(9-19-14)15(21)20-13-5-4-11(17)8-12(13)16/h3-6,8-9H,2,7H2,1H3,(H,18,19)(H,20,21). The summed E-state index contributed by atoms with van der Waals surface area (Å²) in [6.45, 7) is 2.94. The molecule has 0 aliphatic heterocycles. The van der Waals surface area contributed by atoms with Crippen molar-refractivity contribution in [2.75, 3.05) is 17.2 Å². The van der Waals surface area contributed by atoms with Crippen LogP contribution < -0.4 is 10.6 Å². The number of nitrogens with one attached hydrogen (secondary N) is 2. The maximum Gasteiger partial charge on any atom is 0.257 e. The zero-order valence-electron chi connectivity index (χ0n) is 11.5. The van der Waals surface area contributed by atoms with E-state index in [1.54, 1.807) is 36.5 Å². The number of pyridine rings is 1. The van der Waals surface area contributed by atoms with Crippen LogP contribution in [0.1, 0.15) is 23.7 Å². The van der Waals surface area contributed by atoms with E-state index in [1.165, 1.54) is 0 Å². The van der Waals surface area contributed by atoms with Crippen molar-refractivity contribution in [1.82, 2.24) is 4.98 Å². The fourth-order valence-electron chi connectivity index (χ4n) is 1.67. The number of halogens is 2. The van der Waals surface area contributed by atoms with Gasteiger partial charge in [0.1, 0.15) is 5.82 Å². The lowest BCUT2D eigenvalue weighted by atomic mass is 10.2. The molecule has 0 fully saturated rings. The second kappa shape index (κ2) is 7.43. The summed E-state index contributed by atoms with van der Waals surface area (Å²) >= 11 is 9.23. The number of hydrogen-bond acceptors (Lipinski definition) is 3. The molecule has 0 radical (unpaired) electrons. The SMILES string of the molecule is CCCNc1ccc(C(=O)Nc2ccc(Cl)cc2Br)cn1. The second-order valence-corrected chi connectivity index (χ2v) is 5.73. The highest BCUT2D eigenvalue weighted by atomic mass is 79.9. The predicted octanol–water partition coefficient (Wildman–Crippen LogP) is 4.57. The number of carbonyl (C=O) groups excluding carboxylic acids is 1. The van der Waals surface area contributed by atoms with E-state index in [-0.39, 0.29) is 5.91 Å². The van der Waals surface area contributed by atoms with E-state index in [2.05, 4.69) is 38.5 Å². The Labute approximate surface area is 137 Å². The fourth-order valence-corrected chi connectivity index (χ4v) is 2.45. The molecule has 0 saturated carbocycles. The Hall–Kier alpha value is -1.59. The van der Waals surface area contributed by atoms with Gasteiger partial charge in [-0.2, -0.15) is 0 Å². The van der Waals surface area contributed by atoms with Gasteiger partial charge in [-0.15, -0.1) is 0 Å². The molecular weight excluding hydrogens is 354 g/mol. The van der Waals surface area contributed by atoms with E-state index in [0.29, 0.717) is 16.3 Å². The smallest absolute Gasteiger partial charge is 0.257 e. The third-order valence-electron chi connectivity index (χ3n) is 2.76. The summed E-state index contributed by atoms with van der Waals surface area (Å²) in [4.78, 5) is 16.4. The van der Waals surface area contributed by atoms with E-state index < -0.39 is 0 Å². The highest BCUT2D eigenvalue weighted by Crippen LogP contribution is 2.26. The summed E-state index contributed by atoms with van der Waals surface area (Å²) in [7, 11) is 0. The number of carbonyl (C=O) groups is 1. The molecule has 1 heterocycles. The van der Waals surface area contributed by atoms with Crippen molar-refractivity contribution in [3.8, 4) is 0 Å². The molecule has 0 atom stereocenters. The average molecular weight is 369 g/mol. The minimum Gasteiger partial charge on any atom is -0.370 e. The molecule has 110 valence electrons. The van der Waals surface area contributed by atoms with Crippen LogP contribution in [0.25, 0.3) is 0 Å². The normalized spacial score (nSPS) is 10.2. The molecule has 4 nitrogen and oxygen atoms in total. The topological polar surface area (TPSA) is 54.0 Å². The summed E-state index contributed by atoms with van der Waals surface area (Å²) in [6, 6.07) is 8.73. The van der Waals surface area contributed by atoms with E-state index in [4.69, 9.17) is 11.6 Å². The van der Waals surface area contributed by atoms with Crippen LogP contribution in [-0.2, 0) is 0 Å². The van der Waals surface area contributed by atoms with Crippen LogP contribution >= 0.6 is 27.5 Å². The maximum absolute atomic E-state index is 12.2. The molecule has 2 N–H and O–H groups in total. The molecule has 1 aromatic carbocycles.